The van der Waals surface area contributed by atoms with Gasteiger partial charge >= 0.3 is 6.18 Å². The van der Waals surface area contributed by atoms with Gasteiger partial charge in [0.05, 0.1) is 23.1 Å². The van der Waals surface area contributed by atoms with Gasteiger partial charge in [0.15, 0.2) is 0 Å². The first-order valence-electron chi connectivity index (χ1n) is 5.85. The minimum atomic E-state index is -4.35. The van der Waals surface area contributed by atoms with E-state index in [0.717, 1.165) is 17.7 Å². The summed E-state index contributed by atoms with van der Waals surface area (Å²) in [7, 11) is 0. The molecule has 0 spiro atoms. The Labute approximate surface area is 112 Å². The summed E-state index contributed by atoms with van der Waals surface area (Å²) in [5.41, 5.74) is 7.25. The number of pyridine rings is 1. The van der Waals surface area contributed by atoms with Gasteiger partial charge in [-0.1, -0.05) is 6.07 Å². The number of hydrogen-bond acceptors (Lipinski definition) is 2. The Kier molecular flexibility index (Phi) is 2.67. The second-order valence-corrected chi connectivity index (χ2v) is 4.44. The number of halogens is 3. The van der Waals surface area contributed by atoms with Crippen molar-refractivity contribution in [3.05, 3.63) is 48.3 Å². The number of anilines is 1. The Balaban J connectivity index is 2.13. The maximum atomic E-state index is 12.6. The highest BCUT2D eigenvalue weighted by Gasteiger charge is 2.30. The third-order valence-electron chi connectivity index (χ3n) is 3.07. The topological polar surface area (TPSA) is 54.7 Å². The van der Waals surface area contributed by atoms with Crippen LogP contribution in [-0.2, 0) is 6.18 Å². The molecule has 0 atom stereocenters. The van der Waals surface area contributed by atoms with Crippen molar-refractivity contribution in [2.75, 3.05) is 5.73 Å². The van der Waals surface area contributed by atoms with Crippen LogP contribution >= 0.6 is 0 Å². The summed E-state index contributed by atoms with van der Waals surface area (Å²) in [4.78, 5) is 7.02. The fraction of sp³-hybridized carbons (Fsp3) is 0.0714. The number of rotatable bonds is 1. The lowest BCUT2D eigenvalue weighted by atomic mass is 10.1. The van der Waals surface area contributed by atoms with Crippen LogP contribution in [0.3, 0.4) is 0 Å². The fourth-order valence-corrected chi connectivity index (χ4v) is 2.08. The summed E-state index contributed by atoms with van der Waals surface area (Å²) in [6.07, 6.45) is -1.19. The summed E-state index contributed by atoms with van der Waals surface area (Å²) in [5, 5.41) is 0.690. The van der Waals surface area contributed by atoms with Crippen LogP contribution in [0.15, 0.2) is 42.7 Å². The average molecular weight is 277 g/mol. The molecule has 0 aliphatic carbocycles. The zero-order valence-corrected chi connectivity index (χ0v) is 10.2. The number of H-pyrrole nitrogens is 1. The van der Waals surface area contributed by atoms with Crippen LogP contribution in [0.25, 0.3) is 22.2 Å². The van der Waals surface area contributed by atoms with Crippen LogP contribution < -0.4 is 5.73 Å². The van der Waals surface area contributed by atoms with E-state index in [1.807, 2.05) is 0 Å². The quantitative estimate of drug-likeness (QED) is 0.710. The van der Waals surface area contributed by atoms with Crippen molar-refractivity contribution in [3.63, 3.8) is 0 Å². The van der Waals surface area contributed by atoms with Gasteiger partial charge in [0, 0.05) is 22.7 Å². The van der Waals surface area contributed by atoms with Gasteiger partial charge in [-0.2, -0.15) is 13.2 Å². The third-order valence-corrected chi connectivity index (χ3v) is 3.07. The number of nitrogen functional groups attached to an aromatic ring is 1. The molecule has 0 saturated carbocycles. The number of nitrogens with two attached hydrogens (primary N) is 1. The predicted octanol–water partition coefficient (Wildman–Crippen LogP) is 3.83. The molecule has 0 aliphatic heterocycles. The lowest BCUT2D eigenvalue weighted by molar-refractivity contribution is -0.137. The molecule has 0 saturated heterocycles. The van der Waals surface area contributed by atoms with Crippen molar-refractivity contribution in [3.8, 4) is 11.3 Å². The van der Waals surface area contributed by atoms with Gasteiger partial charge in [0.1, 0.15) is 0 Å². The Morgan fingerprint density at radius 1 is 1.10 bits per heavy atom. The molecular weight excluding hydrogens is 267 g/mol. The fourth-order valence-electron chi connectivity index (χ4n) is 2.08. The standard InChI is InChI=1S/C14H10F3N3/c15-14(16,17)8-1-3-10-11(7-20-13(10)5-8)12-4-2-9(18)6-19-12/h1-7,20H,18H2. The van der Waals surface area contributed by atoms with E-state index in [4.69, 9.17) is 5.73 Å². The van der Waals surface area contributed by atoms with Crippen molar-refractivity contribution in [1.82, 2.24) is 9.97 Å². The molecule has 3 rings (SSSR count). The van der Waals surface area contributed by atoms with Gasteiger partial charge in [-0.25, -0.2) is 0 Å². The number of aromatic amines is 1. The molecule has 2 aromatic heterocycles. The number of benzene rings is 1. The number of alkyl halides is 3. The predicted molar refractivity (Wildman–Crippen MR) is 70.9 cm³/mol. The molecule has 0 amide bonds. The Bertz CT molecular complexity index is 757. The van der Waals surface area contributed by atoms with Crippen LogP contribution in [0, 0.1) is 0 Å². The summed E-state index contributed by atoms with van der Waals surface area (Å²) in [5.74, 6) is 0. The van der Waals surface area contributed by atoms with Crippen molar-refractivity contribution >= 4 is 16.6 Å². The zero-order chi connectivity index (χ0) is 14.3. The molecule has 0 aliphatic rings. The second-order valence-electron chi connectivity index (χ2n) is 4.44. The van der Waals surface area contributed by atoms with Gasteiger partial charge < -0.3 is 10.7 Å². The second kappa shape index (κ2) is 4.26. The Hall–Kier alpha value is -2.50. The molecular formula is C14H10F3N3. The first kappa shape index (κ1) is 12.5. The van der Waals surface area contributed by atoms with Crippen LogP contribution in [0.5, 0.6) is 0 Å². The summed E-state index contributed by atoms with van der Waals surface area (Å²) in [6.45, 7) is 0. The van der Waals surface area contributed by atoms with E-state index < -0.39 is 11.7 Å². The third kappa shape index (κ3) is 2.09. The van der Waals surface area contributed by atoms with Crippen LogP contribution in [0.4, 0.5) is 18.9 Å². The van der Waals surface area contributed by atoms with E-state index >= 15 is 0 Å². The van der Waals surface area contributed by atoms with E-state index in [1.165, 1.54) is 12.3 Å². The van der Waals surface area contributed by atoms with Gasteiger partial charge in [0.2, 0.25) is 0 Å². The summed E-state index contributed by atoms with van der Waals surface area (Å²) in [6, 6.07) is 7.04. The van der Waals surface area contributed by atoms with E-state index in [2.05, 4.69) is 9.97 Å². The molecule has 0 radical (unpaired) electrons. The number of fused-ring (bicyclic) bond motifs is 1. The monoisotopic (exact) mass is 277 g/mol. The average Bonchev–Trinajstić information content (AvgIpc) is 2.81. The normalized spacial score (nSPS) is 11.9. The molecule has 3 nitrogen and oxygen atoms in total. The Morgan fingerprint density at radius 3 is 2.55 bits per heavy atom. The van der Waals surface area contributed by atoms with Gasteiger partial charge in [-0.15, -0.1) is 0 Å². The van der Waals surface area contributed by atoms with Crippen molar-refractivity contribution < 1.29 is 13.2 Å². The molecule has 6 heteroatoms. The van der Waals surface area contributed by atoms with E-state index in [9.17, 15) is 13.2 Å². The van der Waals surface area contributed by atoms with E-state index in [0.29, 0.717) is 22.3 Å². The number of nitrogens with one attached hydrogen (secondary N) is 1. The zero-order valence-electron chi connectivity index (χ0n) is 10.2. The summed E-state index contributed by atoms with van der Waals surface area (Å²) < 4.78 is 37.9. The molecule has 20 heavy (non-hydrogen) atoms. The van der Waals surface area contributed by atoms with Crippen LogP contribution in [0.1, 0.15) is 5.56 Å². The minimum Gasteiger partial charge on any atom is -0.397 e. The first-order chi connectivity index (χ1) is 9.45. The molecule has 2 heterocycles. The highest BCUT2D eigenvalue weighted by molar-refractivity contribution is 5.95. The van der Waals surface area contributed by atoms with Crippen molar-refractivity contribution in [1.29, 1.82) is 0 Å². The van der Waals surface area contributed by atoms with Crippen molar-refractivity contribution in [2.24, 2.45) is 0 Å². The van der Waals surface area contributed by atoms with Gasteiger partial charge in [-0.05, 0) is 24.3 Å². The largest absolute Gasteiger partial charge is 0.416 e. The highest BCUT2D eigenvalue weighted by atomic mass is 19.4. The number of nitrogens with zero attached hydrogens (tertiary/aromatic N) is 1. The number of aromatic nitrogens is 2. The van der Waals surface area contributed by atoms with Crippen LogP contribution in [-0.4, -0.2) is 9.97 Å². The van der Waals surface area contributed by atoms with E-state index in [-0.39, 0.29) is 0 Å². The minimum absolute atomic E-state index is 0.424. The van der Waals surface area contributed by atoms with Gasteiger partial charge in [0.25, 0.3) is 0 Å². The molecule has 3 N–H and O–H groups in total. The van der Waals surface area contributed by atoms with Gasteiger partial charge in [-0.3, -0.25) is 4.98 Å². The van der Waals surface area contributed by atoms with E-state index in [1.54, 1.807) is 18.3 Å². The molecule has 102 valence electrons. The lowest BCUT2D eigenvalue weighted by Crippen LogP contribution is -2.04. The van der Waals surface area contributed by atoms with Crippen molar-refractivity contribution in [2.45, 2.75) is 6.18 Å². The Morgan fingerprint density at radius 2 is 1.90 bits per heavy atom. The highest BCUT2D eigenvalue weighted by Crippen LogP contribution is 2.34. The SMILES string of the molecule is Nc1ccc(-c2c[nH]c3cc(C(F)(F)F)ccc23)nc1. The van der Waals surface area contributed by atoms with Crippen LogP contribution in [0.2, 0.25) is 0 Å². The lowest BCUT2D eigenvalue weighted by Gasteiger charge is -2.06. The first-order valence-corrected chi connectivity index (χ1v) is 5.85. The maximum absolute atomic E-state index is 12.6. The molecule has 0 fully saturated rings. The molecule has 0 bridgehead atoms. The maximum Gasteiger partial charge on any atom is 0.416 e. The smallest absolute Gasteiger partial charge is 0.397 e. The summed E-state index contributed by atoms with van der Waals surface area (Å²) >= 11 is 0. The number of hydrogen-bond donors (Lipinski definition) is 2. The molecule has 3 aromatic rings. The molecule has 0 unspecified atom stereocenters. The molecule has 1 aromatic carbocycles.